The van der Waals surface area contributed by atoms with Crippen LogP contribution in [0, 0.1) is 20.8 Å². The topological polar surface area (TPSA) is 28.7 Å². The van der Waals surface area contributed by atoms with Crippen LogP contribution in [0.1, 0.15) is 17.0 Å². The quantitative estimate of drug-likeness (QED) is 0.727. The minimum Gasteiger partial charge on any atom is -0.342 e. The molecule has 2 rings (SSSR count). The van der Waals surface area contributed by atoms with E-state index in [0.717, 1.165) is 28.3 Å². The normalized spacial score (nSPS) is 10.5. The predicted octanol–water partition coefficient (Wildman–Crippen LogP) is 2.88. The van der Waals surface area contributed by atoms with Gasteiger partial charge in [0.15, 0.2) is 0 Å². The Kier molecular flexibility index (Phi) is 2.12. The summed E-state index contributed by atoms with van der Waals surface area (Å²) in [4.78, 5) is 7.69. The van der Waals surface area contributed by atoms with E-state index in [9.17, 15) is 0 Å². The molecule has 0 atom stereocenters. The van der Waals surface area contributed by atoms with E-state index in [1.165, 1.54) is 0 Å². The van der Waals surface area contributed by atoms with Crippen LogP contribution < -0.4 is 0 Å². The SMILES string of the molecule is [CH2]c1cccc(-c2nc(C)c(C)[nH]2)c1. The fourth-order valence-corrected chi connectivity index (χ4v) is 1.40. The van der Waals surface area contributed by atoms with Gasteiger partial charge in [-0.05, 0) is 32.4 Å². The maximum Gasteiger partial charge on any atom is 0.137 e. The van der Waals surface area contributed by atoms with Crippen molar-refractivity contribution in [1.29, 1.82) is 0 Å². The van der Waals surface area contributed by atoms with Gasteiger partial charge in [-0.25, -0.2) is 4.98 Å². The lowest BCUT2D eigenvalue weighted by Gasteiger charge is -1.97. The van der Waals surface area contributed by atoms with Crippen molar-refractivity contribution in [3.05, 3.63) is 48.1 Å². The Balaban J connectivity index is 2.49. The van der Waals surface area contributed by atoms with Crippen LogP contribution in [0.2, 0.25) is 0 Å². The molecule has 0 spiro atoms. The lowest BCUT2D eigenvalue weighted by molar-refractivity contribution is 1.22. The van der Waals surface area contributed by atoms with Crippen LogP contribution in [0.15, 0.2) is 24.3 Å². The van der Waals surface area contributed by atoms with Crippen LogP contribution in [-0.4, -0.2) is 9.97 Å². The molecule has 14 heavy (non-hydrogen) atoms. The molecule has 2 aromatic rings. The van der Waals surface area contributed by atoms with E-state index in [0.29, 0.717) is 0 Å². The summed E-state index contributed by atoms with van der Waals surface area (Å²) in [6, 6.07) is 8.03. The molecule has 0 bridgehead atoms. The summed E-state index contributed by atoms with van der Waals surface area (Å²) in [6.45, 7) is 7.93. The van der Waals surface area contributed by atoms with E-state index in [2.05, 4.69) is 16.9 Å². The lowest BCUT2D eigenvalue weighted by atomic mass is 10.1. The van der Waals surface area contributed by atoms with Crippen molar-refractivity contribution in [2.24, 2.45) is 0 Å². The molecule has 0 aliphatic heterocycles. The molecule has 0 saturated carbocycles. The molecule has 0 unspecified atom stereocenters. The summed E-state index contributed by atoms with van der Waals surface area (Å²) in [6.07, 6.45) is 0. The summed E-state index contributed by atoms with van der Waals surface area (Å²) >= 11 is 0. The van der Waals surface area contributed by atoms with E-state index in [4.69, 9.17) is 0 Å². The molecule has 2 heteroatoms. The van der Waals surface area contributed by atoms with Gasteiger partial charge in [-0.3, -0.25) is 0 Å². The minimum absolute atomic E-state index is 0.922. The average Bonchev–Trinajstić information content (AvgIpc) is 2.47. The number of aromatic nitrogens is 2. The second kappa shape index (κ2) is 3.29. The first-order valence-electron chi connectivity index (χ1n) is 4.62. The van der Waals surface area contributed by atoms with Crippen LogP contribution in [0.25, 0.3) is 11.4 Å². The Morgan fingerprint density at radius 1 is 1.29 bits per heavy atom. The van der Waals surface area contributed by atoms with Gasteiger partial charge in [0.1, 0.15) is 5.82 Å². The third-order valence-corrected chi connectivity index (χ3v) is 2.33. The van der Waals surface area contributed by atoms with Crippen molar-refractivity contribution in [2.45, 2.75) is 13.8 Å². The molecular formula is C12H13N2. The summed E-state index contributed by atoms with van der Waals surface area (Å²) in [5.74, 6) is 0.922. The van der Waals surface area contributed by atoms with Crippen molar-refractivity contribution in [1.82, 2.24) is 9.97 Å². The number of benzene rings is 1. The van der Waals surface area contributed by atoms with Crippen molar-refractivity contribution in [3.63, 3.8) is 0 Å². The highest BCUT2D eigenvalue weighted by atomic mass is 14.9. The Bertz CT molecular complexity index is 436. The summed E-state index contributed by atoms with van der Waals surface area (Å²) in [5, 5.41) is 0. The van der Waals surface area contributed by atoms with E-state index >= 15 is 0 Å². The highest BCUT2D eigenvalue weighted by molar-refractivity contribution is 5.57. The number of H-pyrrole nitrogens is 1. The van der Waals surface area contributed by atoms with Crippen molar-refractivity contribution in [3.8, 4) is 11.4 Å². The van der Waals surface area contributed by atoms with Crippen LogP contribution in [-0.2, 0) is 0 Å². The zero-order valence-electron chi connectivity index (χ0n) is 8.46. The molecule has 1 heterocycles. The average molecular weight is 185 g/mol. The molecule has 0 amide bonds. The van der Waals surface area contributed by atoms with Gasteiger partial charge >= 0.3 is 0 Å². The summed E-state index contributed by atoms with van der Waals surface area (Å²) in [7, 11) is 0. The van der Waals surface area contributed by atoms with E-state index in [1.54, 1.807) is 0 Å². The number of nitrogens with zero attached hydrogens (tertiary/aromatic N) is 1. The maximum absolute atomic E-state index is 4.44. The van der Waals surface area contributed by atoms with Gasteiger partial charge in [0.05, 0.1) is 5.69 Å². The zero-order chi connectivity index (χ0) is 10.1. The first-order valence-corrected chi connectivity index (χ1v) is 4.62. The van der Waals surface area contributed by atoms with Gasteiger partial charge in [-0.1, -0.05) is 18.2 Å². The van der Waals surface area contributed by atoms with Gasteiger partial charge in [0.2, 0.25) is 0 Å². The second-order valence-electron chi connectivity index (χ2n) is 3.50. The molecule has 1 aromatic carbocycles. The number of rotatable bonds is 1. The molecule has 0 fully saturated rings. The Hall–Kier alpha value is -1.57. The summed E-state index contributed by atoms with van der Waals surface area (Å²) < 4.78 is 0. The third kappa shape index (κ3) is 1.55. The molecule has 0 aliphatic rings. The second-order valence-corrected chi connectivity index (χ2v) is 3.50. The number of nitrogens with one attached hydrogen (secondary N) is 1. The number of hydrogen-bond acceptors (Lipinski definition) is 1. The van der Waals surface area contributed by atoms with Crippen LogP contribution >= 0.6 is 0 Å². The molecule has 1 aromatic heterocycles. The standard InChI is InChI=1S/C12H13N2/c1-8-5-4-6-11(7-8)12-13-9(2)10(3)14-12/h4-7H,1H2,2-3H3,(H,13,14). The van der Waals surface area contributed by atoms with Gasteiger partial charge < -0.3 is 4.98 Å². The highest BCUT2D eigenvalue weighted by Gasteiger charge is 2.04. The number of hydrogen-bond donors (Lipinski definition) is 1. The Morgan fingerprint density at radius 2 is 2.07 bits per heavy atom. The molecule has 71 valence electrons. The number of imidazole rings is 1. The van der Waals surface area contributed by atoms with Crippen molar-refractivity contribution < 1.29 is 0 Å². The fraction of sp³-hybridized carbons (Fsp3) is 0.167. The molecule has 0 saturated heterocycles. The van der Waals surface area contributed by atoms with Crippen LogP contribution in [0.5, 0.6) is 0 Å². The molecule has 1 N–H and O–H groups in total. The van der Waals surface area contributed by atoms with Crippen molar-refractivity contribution in [2.75, 3.05) is 0 Å². The van der Waals surface area contributed by atoms with Crippen molar-refractivity contribution >= 4 is 0 Å². The maximum atomic E-state index is 4.44. The van der Waals surface area contributed by atoms with Gasteiger partial charge in [0, 0.05) is 11.3 Å². The number of aromatic amines is 1. The highest BCUT2D eigenvalue weighted by Crippen LogP contribution is 2.18. The predicted molar refractivity (Wildman–Crippen MR) is 58.0 cm³/mol. The van der Waals surface area contributed by atoms with E-state index in [1.807, 2.05) is 38.1 Å². The van der Waals surface area contributed by atoms with Crippen LogP contribution in [0.3, 0.4) is 0 Å². The minimum atomic E-state index is 0.922. The smallest absolute Gasteiger partial charge is 0.137 e. The van der Waals surface area contributed by atoms with E-state index < -0.39 is 0 Å². The molecule has 2 nitrogen and oxygen atoms in total. The van der Waals surface area contributed by atoms with Gasteiger partial charge in [-0.15, -0.1) is 0 Å². The Labute approximate surface area is 84.0 Å². The monoisotopic (exact) mass is 185 g/mol. The van der Waals surface area contributed by atoms with Gasteiger partial charge in [-0.2, -0.15) is 0 Å². The largest absolute Gasteiger partial charge is 0.342 e. The Morgan fingerprint density at radius 3 is 2.64 bits per heavy atom. The zero-order valence-corrected chi connectivity index (χ0v) is 8.46. The molecule has 1 radical (unpaired) electrons. The third-order valence-electron chi connectivity index (χ3n) is 2.33. The summed E-state index contributed by atoms with van der Waals surface area (Å²) in [5.41, 5.74) is 4.27. The first kappa shape index (κ1) is 9.00. The van der Waals surface area contributed by atoms with Crippen LogP contribution in [0.4, 0.5) is 0 Å². The molecular weight excluding hydrogens is 172 g/mol. The fourth-order valence-electron chi connectivity index (χ4n) is 1.40. The number of aryl methyl sites for hydroxylation is 2. The van der Waals surface area contributed by atoms with E-state index in [-0.39, 0.29) is 0 Å². The lowest BCUT2D eigenvalue weighted by Crippen LogP contribution is -1.81. The first-order chi connectivity index (χ1) is 6.66. The molecule has 0 aliphatic carbocycles. The van der Waals surface area contributed by atoms with Gasteiger partial charge in [0.25, 0.3) is 0 Å².